The molecule has 3 rings (SSSR count). The Morgan fingerprint density at radius 2 is 2.28 bits per heavy atom. The average Bonchev–Trinajstić information content (AvgIpc) is 2.92. The summed E-state index contributed by atoms with van der Waals surface area (Å²) < 4.78 is 11.7. The molecule has 1 aromatic rings. The number of pyridine rings is 1. The lowest BCUT2D eigenvalue weighted by molar-refractivity contribution is 0.0180. The average molecular weight is 293 g/mol. The lowest BCUT2D eigenvalue weighted by atomic mass is 9.98. The van der Waals surface area contributed by atoms with Gasteiger partial charge in [-0.05, 0) is 19.0 Å². The van der Waals surface area contributed by atoms with Gasteiger partial charge in [0, 0.05) is 25.2 Å². The van der Waals surface area contributed by atoms with Crippen LogP contribution in [0.3, 0.4) is 0 Å². The van der Waals surface area contributed by atoms with Crippen LogP contribution in [0.25, 0.3) is 0 Å². The van der Waals surface area contributed by atoms with E-state index in [4.69, 9.17) is 9.47 Å². The van der Waals surface area contributed by atoms with Crippen LogP contribution in [-0.2, 0) is 4.74 Å². The Kier molecular flexibility index (Phi) is 5.66. The molecule has 0 unspecified atom stereocenters. The molecule has 0 radical (unpaired) electrons. The lowest BCUT2D eigenvalue weighted by Gasteiger charge is -2.20. The molecule has 3 heterocycles. The maximum absolute atomic E-state index is 5.87. The van der Waals surface area contributed by atoms with Gasteiger partial charge in [0.15, 0.2) is 0 Å². The Labute approximate surface area is 119 Å². The summed E-state index contributed by atoms with van der Waals surface area (Å²) in [5.41, 5.74) is 0.0272. The van der Waals surface area contributed by atoms with Crippen molar-refractivity contribution in [1.82, 2.24) is 10.3 Å². The van der Waals surface area contributed by atoms with E-state index in [1.807, 2.05) is 18.2 Å². The van der Waals surface area contributed by atoms with Gasteiger partial charge >= 0.3 is 0 Å². The first-order valence-corrected chi connectivity index (χ1v) is 5.79. The van der Waals surface area contributed by atoms with Gasteiger partial charge in [-0.3, -0.25) is 0 Å². The number of nitrogens with one attached hydrogen (secondary N) is 1. The van der Waals surface area contributed by atoms with E-state index in [0.717, 1.165) is 25.9 Å². The fraction of sp³-hybridized carbons (Fsp3) is 0.583. The van der Waals surface area contributed by atoms with Crippen molar-refractivity contribution in [1.29, 1.82) is 0 Å². The molecule has 6 heteroatoms. The van der Waals surface area contributed by atoms with Gasteiger partial charge in [0.1, 0.15) is 6.10 Å². The van der Waals surface area contributed by atoms with Gasteiger partial charge in [-0.25, -0.2) is 4.98 Å². The van der Waals surface area contributed by atoms with E-state index in [-0.39, 0.29) is 36.5 Å². The Hall–Kier alpha value is -0.550. The van der Waals surface area contributed by atoms with Crippen molar-refractivity contribution in [2.45, 2.75) is 24.5 Å². The Morgan fingerprint density at radius 1 is 1.39 bits per heavy atom. The molecule has 2 saturated heterocycles. The van der Waals surface area contributed by atoms with Crippen LogP contribution in [0.5, 0.6) is 5.88 Å². The molecule has 4 nitrogen and oxygen atoms in total. The molecule has 0 amide bonds. The Bertz CT molecular complexity index is 358. The van der Waals surface area contributed by atoms with Gasteiger partial charge < -0.3 is 14.8 Å². The quantitative estimate of drug-likeness (QED) is 0.903. The summed E-state index contributed by atoms with van der Waals surface area (Å²) in [6, 6.07) is 5.71. The summed E-state index contributed by atoms with van der Waals surface area (Å²) in [6.07, 6.45) is 3.96. The number of aromatic nitrogens is 1. The van der Waals surface area contributed by atoms with E-state index in [1.165, 1.54) is 0 Å². The fourth-order valence-electron chi connectivity index (χ4n) is 2.48. The number of hydrogen-bond acceptors (Lipinski definition) is 4. The first-order valence-electron chi connectivity index (χ1n) is 5.79. The molecule has 0 bridgehead atoms. The molecule has 1 spiro atoms. The minimum absolute atomic E-state index is 0. The summed E-state index contributed by atoms with van der Waals surface area (Å²) in [5, 5.41) is 3.34. The van der Waals surface area contributed by atoms with Gasteiger partial charge in [0.25, 0.3) is 0 Å². The third-order valence-corrected chi connectivity index (χ3v) is 3.30. The van der Waals surface area contributed by atoms with Gasteiger partial charge in [-0.2, -0.15) is 0 Å². The van der Waals surface area contributed by atoms with Crippen LogP contribution in [0.15, 0.2) is 24.4 Å². The molecule has 1 N–H and O–H groups in total. The molecular formula is C12H18Cl2N2O2. The van der Waals surface area contributed by atoms with Crippen molar-refractivity contribution in [2.24, 2.45) is 0 Å². The van der Waals surface area contributed by atoms with Crippen LogP contribution in [0.2, 0.25) is 0 Å². The van der Waals surface area contributed by atoms with Crippen LogP contribution in [0.4, 0.5) is 0 Å². The van der Waals surface area contributed by atoms with Crippen LogP contribution in [-0.4, -0.2) is 36.4 Å². The Morgan fingerprint density at radius 3 is 2.94 bits per heavy atom. The zero-order chi connectivity index (χ0) is 10.8. The summed E-state index contributed by atoms with van der Waals surface area (Å²) >= 11 is 0. The SMILES string of the molecule is Cl.Cl.c1ccc(O[C@@H]2CO[C@@]3(CCNC3)C2)nc1. The van der Waals surface area contributed by atoms with E-state index in [9.17, 15) is 0 Å². The second-order valence-electron chi connectivity index (χ2n) is 4.53. The molecule has 1 aromatic heterocycles. The number of hydrogen-bond donors (Lipinski definition) is 1. The van der Waals surface area contributed by atoms with Gasteiger partial charge in [-0.1, -0.05) is 6.07 Å². The monoisotopic (exact) mass is 292 g/mol. The number of halogens is 2. The van der Waals surface area contributed by atoms with Gasteiger partial charge in [0.2, 0.25) is 5.88 Å². The largest absolute Gasteiger partial charge is 0.472 e. The molecule has 2 atom stereocenters. The maximum atomic E-state index is 5.87. The molecule has 2 aliphatic rings. The summed E-state index contributed by atoms with van der Waals surface area (Å²) in [6.45, 7) is 2.68. The van der Waals surface area contributed by atoms with Crippen molar-refractivity contribution >= 4 is 24.8 Å². The lowest BCUT2D eigenvalue weighted by Crippen LogP contribution is -2.31. The smallest absolute Gasteiger partial charge is 0.213 e. The highest BCUT2D eigenvalue weighted by Gasteiger charge is 2.43. The molecule has 0 aliphatic carbocycles. The molecule has 2 fully saturated rings. The molecule has 0 saturated carbocycles. The van der Waals surface area contributed by atoms with Crippen molar-refractivity contribution in [3.8, 4) is 5.88 Å². The second kappa shape index (κ2) is 6.57. The van der Waals surface area contributed by atoms with Crippen LogP contribution >= 0.6 is 24.8 Å². The van der Waals surface area contributed by atoms with Crippen molar-refractivity contribution < 1.29 is 9.47 Å². The minimum Gasteiger partial charge on any atom is -0.472 e. The zero-order valence-electron chi connectivity index (χ0n) is 10.0. The van der Waals surface area contributed by atoms with Crippen LogP contribution < -0.4 is 10.1 Å². The van der Waals surface area contributed by atoms with Crippen LogP contribution in [0, 0.1) is 0 Å². The molecule has 0 aromatic carbocycles. The number of rotatable bonds is 2. The first-order chi connectivity index (χ1) is 7.86. The first kappa shape index (κ1) is 15.5. The summed E-state index contributed by atoms with van der Waals surface area (Å²) in [5.74, 6) is 0.694. The minimum atomic E-state index is 0. The Balaban J connectivity index is 0.000000810. The van der Waals surface area contributed by atoms with E-state index >= 15 is 0 Å². The van der Waals surface area contributed by atoms with E-state index in [2.05, 4.69) is 10.3 Å². The molecular weight excluding hydrogens is 275 g/mol. The van der Waals surface area contributed by atoms with Crippen molar-refractivity contribution in [3.63, 3.8) is 0 Å². The highest BCUT2D eigenvalue weighted by Crippen LogP contribution is 2.32. The maximum Gasteiger partial charge on any atom is 0.213 e. The fourth-order valence-corrected chi connectivity index (χ4v) is 2.48. The van der Waals surface area contributed by atoms with E-state index < -0.39 is 0 Å². The molecule has 102 valence electrons. The topological polar surface area (TPSA) is 43.4 Å². The zero-order valence-corrected chi connectivity index (χ0v) is 11.6. The number of ether oxygens (including phenoxy) is 2. The second-order valence-corrected chi connectivity index (χ2v) is 4.53. The van der Waals surface area contributed by atoms with E-state index in [0.29, 0.717) is 12.5 Å². The normalized spacial score (nSPS) is 29.7. The standard InChI is InChI=1S/C12H16N2O2.2ClH/c1-2-5-14-11(3-1)16-10-7-12(15-8-10)4-6-13-9-12;;/h1-3,5,10,13H,4,6-9H2;2*1H/t10-,12-;;/m0../s1. The summed E-state index contributed by atoms with van der Waals surface area (Å²) in [4.78, 5) is 4.16. The predicted molar refractivity (Wildman–Crippen MR) is 73.9 cm³/mol. The number of nitrogens with zero attached hydrogens (tertiary/aromatic N) is 1. The highest BCUT2D eigenvalue weighted by atomic mass is 35.5. The third kappa shape index (κ3) is 3.26. The van der Waals surface area contributed by atoms with Crippen molar-refractivity contribution in [2.75, 3.05) is 19.7 Å². The molecule has 2 aliphatic heterocycles. The van der Waals surface area contributed by atoms with Gasteiger partial charge in [-0.15, -0.1) is 24.8 Å². The molecule has 18 heavy (non-hydrogen) atoms. The van der Waals surface area contributed by atoms with Crippen molar-refractivity contribution in [3.05, 3.63) is 24.4 Å². The predicted octanol–water partition coefficient (Wildman–Crippen LogP) is 1.82. The van der Waals surface area contributed by atoms with Crippen LogP contribution in [0.1, 0.15) is 12.8 Å². The van der Waals surface area contributed by atoms with Gasteiger partial charge in [0.05, 0.1) is 12.2 Å². The third-order valence-electron chi connectivity index (χ3n) is 3.30. The summed E-state index contributed by atoms with van der Waals surface area (Å²) in [7, 11) is 0. The van der Waals surface area contributed by atoms with E-state index in [1.54, 1.807) is 6.20 Å². The highest BCUT2D eigenvalue weighted by molar-refractivity contribution is 5.85.